The van der Waals surface area contributed by atoms with E-state index in [1.165, 1.54) is 0 Å². The number of carboxylic acids is 1. The molecule has 0 bridgehead atoms. The van der Waals surface area contributed by atoms with Crippen LogP contribution in [0.1, 0.15) is 15.6 Å². The lowest BCUT2D eigenvalue weighted by Crippen LogP contribution is -2.46. The van der Waals surface area contributed by atoms with Crippen LogP contribution >= 0.6 is 11.3 Å². The molecular weight excluding hydrogens is 278 g/mol. The molecule has 6 nitrogen and oxygen atoms in total. The Bertz CT molecular complexity index is 456. The minimum Gasteiger partial charge on any atom is -0.481 e. The Hall–Kier alpha value is -1.02. The number of thiazole rings is 1. The van der Waals surface area contributed by atoms with Gasteiger partial charge >= 0.3 is 5.97 Å². The van der Waals surface area contributed by atoms with E-state index in [2.05, 4.69) is 14.8 Å². The van der Waals surface area contributed by atoms with Gasteiger partial charge in [0.2, 0.25) is 0 Å². The summed E-state index contributed by atoms with van der Waals surface area (Å²) in [6, 6.07) is 0. The fourth-order valence-electron chi connectivity index (χ4n) is 2.43. The third-order valence-electron chi connectivity index (χ3n) is 3.45. The Kier molecular flexibility index (Phi) is 5.47. The fraction of sp³-hybridized carbons (Fsp3) is 0.692. The molecule has 0 spiro atoms. The van der Waals surface area contributed by atoms with E-state index in [0.717, 1.165) is 49.2 Å². The van der Waals surface area contributed by atoms with Crippen molar-refractivity contribution in [3.8, 4) is 0 Å². The lowest BCUT2D eigenvalue weighted by Gasteiger charge is -2.34. The van der Waals surface area contributed by atoms with Gasteiger partial charge < -0.3 is 10.2 Å². The van der Waals surface area contributed by atoms with E-state index in [4.69, 9.17) is 10.2 Å². The summed E-state index contributed by atoms with van der Waals surface area (Å²) in [6.07, 6.45) is 0.00412. The molecule has 1 aliphatic rings. The highest BCUT2D eigenvalue weighted by atomic mass is 32.1. The van der Waals surface area contributed by atoms with Crippen molar-refractivity contribution in [1.82, 2.24) is 14.8 Å². The molecule has 0 aromatic carbocycles. The lowest BCUT2D eigenvalue weighted by atomic mass is 10.2. The van der Waals surface area contributed by atoms with Crippen LogP contribution in [0.2, 0.25) is 0 Å². The molecule has 0 radical (unpaired) electrons. The highest BCUT2D eigenvalue weighted by Gasteiger charge is 2.19. The van der Waals surface area contributed by atoms with Gasteiger partial charge in [0.25, 0.3) is 0 Å². The third kappa shape index (κ3) is 4.24. The number of carbonyl (C=O) groups is 1. The zero-order chi connectivity index (χ0) is 14.5. The highest BCUT2D eigenvalue weighted by molar-refractivity contribution is 7.11. The Balaban J connectivity index is 1.92. The zero-order valence-corrected chi connectivity index (χ0v) is 12.5. The largest absolute Gasteiger partial charge is 0.481 e. The lowest BCUT2D eigenvalue weighted by molar-refractivity contribution is -0.136. The maximum atomic E-state index is 10.9. The predicted octanol–water partition coefficient (Wildman–Crippen LogP) is 0.189. The van der Waals surface area contributed by atoms with Gasteiger partial charge in [0.05, 0.1) is 23.7 Å². The number of β-amino-alcohol motifs (C(OH)–C–C–N with tert-alkyl or cyclic N) is 1. The summed E-state index contributed by atoms with van der Waals surface area (Å²) in [6.45, 7) is 7.43. The van der Waals surface area contributed by atoms with Gasteiger partial charge in [-0.2, -0.15) is 0 Å². The van der Waals surface area contributed by atoms with Crippen LogP contribution in [0, 0.1) is 6.92 Å². The minimum absolute atomic E-state index is 0.00412. The number of hydrogen-bond donors (Lipinski definition) is 2. The summed E-state index contributed by atoms with van der Waals surface area (Å²) >= 11 is 1.59. The summed E-state index contributed by atoms with van der Waals surface area (Å²) in [5, 5.41) is 18.8. The van der Waals surface area contributed by atoms with E-state index >= 15 is 0 Å². The Morgan fingerprint density at radius 1 is 1.30 bits per heavy atom. The molecule has 20 heavy (non-hydrogen) atoms. The van der Waals surface area contributed by atoms with Gasteiger partial charge in [0, 0.05) is 44.1 Å². The summed E-state index contributed by atoms with van der Waals surface area (Å²) in [4.78, 5) is 20.8. The molecule has 0 aliphatic carbocycles. The summed E-state index contributed by atoms with van der Waals surface area (Å²) in [5.74, 6) is -0.829. The van der Waals surface area contributed by atoms with Crippen molar-refractivity contribution >= 4 is 17.3 Å². The second kappa shape index (κ2) is 7.12. The van der Waals surface area contributed by atoms with E-state index < -0.39 is 5.97 Å². The molecule has 1 aromatic heterocycles. The SMILES string of the molecule is Cc1nc(CC(=O)O)c(CN2CCN(CCO)CC2)s1. The molecule has 0 unspecified atom stereocenters. The molecule has 1 fully saturated rings. The monoisotopic (exact) mass is 299 g/mol. The number of aryl methyl sites for hydroxylation is 1. The summed E-state index contributed by atoms with van der Waals surface area (Å²) in [5.41, 5.74) is 0.706. The first-order valence-corrected chi connectivity index (χ1v) is 7.62. The van der Waals surface area contributed by atoms with E-state index in [0.29, 0.717) is 5.69 Å². The average Bonchev–Trinajstić information content (AvgIpc) is 2.71. The molecule has 0 amide bonds. The van der Waals surface area contributed by atoms with Crippen molar-refractivity contribution in [2.45, 2.75) is 19.9 Å². The molecule has 0 atom stereocenters. The van der Waals surface area contributed by atoms with Gasteiger partial charge in [0.1, 0.15) is 0 Å². The first kappa shape index (κ1) is 15.4. The van der Waals surface area contributed by atoms with Crippen molar-refractivity contribution in [1.29, 1.82) is 0 Å². The minimum atomic E-state index is -0.829. The number of aromatic nitrogens is 1. The second-order valence-electron chi connectivity index (χ2n) is 5.01. The quantitative estimate of drug-likeness (QED) is 0.781. The van der Waals surface area contributed by atoms with Crippen molar-refractivity contribution in [3.63, 3.8) is 0 Å². The average molecular weight is 299 g/mol. The maximum Gasteiger partial charge on any atom is 0.309 e. The number of aliphatic hydroxyl groups excluding tert-OH is 1. The van der Waals surface area contributed by atoms with Gasteiger partial charge in [-0.1, -0.05) is 0 Å². The van der Waals surface area contributed by atoms with Crippen LogP contribution in [-0.2, 0) is 17.8 Å². The van der Waals surface area contributed by atoms with Crippen LogP contribution in [0.5, 0.6) is 0 Å². The van der Waals surface area contributed by atoms with Crippen molar-refractivity contribution in [2.75, 3.05) is 39.3 Å². The van der Waals surface area contributed by atoms with Gasteiger partial charge in [-0.25, -0.2) is 4.98 Å². The zero-order valence-electron chi connectivity index (χ0n) is 11.7. The van der Waals surface area contributed by atoms with Crippen LogP contribution in [0.3, 0.4) is 0 Å². The molecule has 2 N–H and O–H groups in total. The highest BCUT2D eigenvalue weighted by Crippen LogP contribution is 2.21. The molecule has 1 aliphatic heterocycles. The standard InChI is InChI=1S/C13H21N3O3S/c1-10-14-11(8-13(18)19)12(20-10)9-16-4-2-15(3-5-16)6-7-17/h17H,2-9H2,1H3,(H,18,19). The van der Waals surface area contributed by atoms with Gasteiger partial charge in [-0.05, 0) is 6.92 Å². The van der Waals surface area contributed by atoms with Crippen molar-refractivity contribution in [3.05, 3.63) is 15.6 Å². The molecule has 112 valence electrons. The van der Waals surface area contributed by atoms with Crippen molar-refractivity contribution in [2.24, 2.45) is 0 Å². The maximum absolute atomic E-state index is 10.9. The number of aliphatic hydroxyl groups is 1. The molecule has 0 saturated carbocycles. The number of nitrogens with zero attached hydrogens (tertiary/aromatic N) is 3. The van der Waals surface area contributed by atoms with Crippen LogP contribution in [0.15, 0.2) is 0 Å². The molecule has 1 aromatic rings. The number of rotatable bonds is 6. The number of aliphatic carboxylic acids is 1. The Labute approximate surface area is 122 Å². The second-order valence-corrected chi connectivity index (χ2v) is 6.30. The van der Waals surface area contributed by atoms with Crippen LogP contribution in [0.25, 0.3) is 0 Å². The van der Waals surface area contributed by atoms with Crippen molar-refractivity contribution < 1.29 is 15.0 Å². The van der Waals surface area contributed by atoms with Gasteiger partial charge in [-0.15, -0.1) is 11.3 Å². The molecular formula is C13H21N3O3S. The third-order valence-corrected chi connectivity index (χ3v) is 4.45. The molecule has 7 heteroatoms. The number of hydrogen-bond acceptors (Lipinski definition) is 6. The Morgan fingerprint density at radius 2 is 1.95 bits per heavy atom. The van der Waals surface area contributed by atoms with E-state index in [1.807, 2.05) is 6.92 Å². The van der Waals surface area contributed by atoms with E-state index in [1.54, 1.807) is 11.3 Å². The summed E-state index contributed by atoms with van der Waals surface area (Å²) < 4.78 is 0. The number of piperazine rings is 1. The number of carboxylic acid groups (broad SMARTS) is 1. The van der Waals surface area contributed by atoms with Crippen LogP contribution < -0.4 is 0 Å². The van der Waals surface area contributed by atoms with Gasteiger partial charge in [0.15, 0.2) is 0 Å². The van der Waals surface area contributed by atoms with E-state index in [-0.39, 0.29) is 13.0 Å². The molecule has 2 heterocycles. The van der Waals surface area contributed by atoms with Crippen LogP contribution in [-0.4, -0.2) is 70.3 Å². The van der Waals surface area contributed by atoms with Crippen LogP contribution in [0.4, 0.5) is 0 Å². The normalized spacial score (nSPS) is 17.5. The Morgan fingerprint density at radius 3 is 2.55 bits per heavy atom. The molecule has 1 saturated heterocycles. The van der Waals surface area contributed by atoms with Gasteiger partial charge in [-0.3, -0.25) is 14.6 Å². The van der Waals surface area contributed by atoms with E-state index in [9.17, 15) is 4.79 Å². The smallest absolute Gasteiger partial charge is 0.309 e. The predicted molar refractivity (Wildman–Crippen MR) is 77.0 cm³/mol. The first-order valence-electron chi connectivity index (χ1n) is 6.81. The first-order chi connectivity index (χ1) is 9.58. The molecule has 2 rings (SSSR count). The topological polar surface area (TPSA) is 76.9 Å². The fourth-order valence-corrected chi connectivity index (χ4v) is 3.43. The summed E-state index contributed by atoms with van der Waals surface area (Å²) in [7, 11) is 0.